The summed E-state index contributed by atoms with van der Waals surface area (Å²) in [6.45, 7) is 13.2. The average Bonchev–Trinajstić information content (AvgIpc) is 2.58. The minimum absolute atomic E-state index is 0.0170. The van der Waals surface area contributed by atoms with Gasteiger partial charge < -0.3 is 8.85 Å². The summed E-state index contributed by atoms with van der Waals surface area (Å²) in [4.78, 5) is 0. The molecule has 0 aliphatic carbocycles. The molecular weight excluding hydrogens is 304 g/mol. The van der Waals surface area contributed by atoms with Crippen LogP contribution in [0.5, 0.6) is 0 Å². The zero-order chi connectivity index (χ0) is 16.6. The molecule has 22 heavy (non-hydrogen) atoms. The van der Waals surface area contributed by atoms with Crippen molar-refractivity contribution in [2.75, 3.05) is 0 Å². The van der Waals surface area contributed by atoms with Crippen molar-refractivity contribution in [3.8, 4) is 0 Å². The topological polar surface area (TPSA) is 18.5 Å². The van der Waals surface area contributed by atoms with Crippen LogP contribution >= 0.6 is 0 Å². The molecule has 0 fully saturated rings. The van der Waals surface area contributed by atoms with E-state index in [1.54, 1.807) is 0 Å². The van der Waals surface area contributed by atoms with E-state index in [2.05, 4.69) is 65.8 Å². The molecule has 1 rings (SSSR count). The normalized spacial score (nSPS) is 12.6. The van der Waals surface area contributed by atoms with Crippen LogP contribution in [0, 0.1) is 0 Å². The highest BCUT2D eigenvalue weighted by molar-refractivity contribution is 6.61. The van der Waals surface area contributed by atoms with Gasteiger partial charge in [0.25, 0.3) is 19.5 Å². The van der Waals surface area contributed by atoms with Crippen LogP contribution in [0.1, 0.15) is 67.2 Å². The first-order valence-electron chi connectivity index (χ1n) is 8.39. The second-order valence-electron chi connectivity index (χ2n) is 6.27. The standard InChI is InChI=1S/C18H30O2Si2/c1-7-17(5,8-2)19-21-15-13-11-12-14-16(15)22-20-18(6,9-3)10-4/h11-14H,7-10H2,1-6H3. The SMILES string of the molecule is CCC(C)(CC)O[Si]c1ccccc1[Si]OC(C)(CC)CC. The highest BCUT2D eigenvalue weighted by Crippen LogP contribution is 2.19. The summed E-state index contributed by atoms with van der Waals surface area (Å²) in [5, 5.41) is 2.56. The molecule has 0 aliphatic heterocycles. The molecule has 122 valence electrons. The van der Waals surface area contributed by atoms with Crippen LogP contribution in [-0.2, 0) is 8.85 Å². The minimum atomic E-state index is -0.0170. The van der Waals surface area contributed by atoms with Crippen molar-refractivity contribution in [2.45, 2.75) is 78.4 Å². The Balaban J connectivity index is 2.74. The van der Waals surface area contributed by atoms with Crippen molar-refractivity contribution in [3.63, 3.8) is 0 Å². The number of hydrogen-bond acceptors (Lipinski definition) is 2. The molecule has 0 N–H and O–H groups in total. The van der Waals surface area contributed by atoms with Crippen molar-refractivity contribution >= 4 is 29.9 Å². The maximum absolute atomic E-state index is 6.22. The quantitative estimate of drug-likeness (QED) is 0.611. The maximum atomic E-state index is 6.22. The van der Waals surface area contributed by atoms with Crippen LogP contribution in [0.2, 0.25) is 0 Å². The van der Waals surface area contributed by atoms with E-state index in [-0.39, 0.29) is 11.2 Å². The monoisotopic (exact) mass is 334 g/mol. The molecule has 0 amide bonds. The molecule has 0 spiro atoms. The van der Waals surface area contributed by atoms with E-state index in [0.29, 0.717) is 19.5 Å². The Morgan fingerprint density at radius 1 is 0.727 bits per heavy atom. The first-order chi connectivity index (χ1) is 10.4. The molecular formula is C18H30O2Si2. The predicted octanol–water partition coefficient (Wildman–Crippen LogP) is 3.37. The first kappa shape index (κ1) is 19.6. The third kappa shape index (κ3) is 5.65. The van der Waals surface area contributed by atoms with E-state index >= 15 is 0 Å². The lowest BCUT2D eigenvalue weighted by atomic mass is 10.0. The fraction of sp³-hybridized carbons (Fsp3) is 0.667. The maximum Gasteiger partial charge on any atom is 0.269 e. The zero-order valence-electron chi connectivity index (χ0n) is 15.0. The van der Waals surface area contributed by atoms with Crippen molar-refractivity contribution < 1.29 is 8.85 Å². The number of hydrogen-bond donors (Lipinski definition) is 0. The van der Waals surface area contributed by atoms with Crippen molar-refractivity contribution in [1.29, 1.82) is 0 Å². The fourth-order valence-corrected chi connectivity index (χ4v) is 4.12. The van der Waals surface area contributed by atoms with E-state index < -0.39 is 0 Å². The molecule has 1 aromatic rings. The third-order valence-electron chi connectivity index (χ3n) is 4.73. The second kappa shape index (κ2) is 9.01. The van der Waals surface area contributed by atoms with Crippen molar-refractivity contribution in [3.05, 3.63) is 24.3 Å². The van der Waals surface area contributed by atoms with Gasteiger partial charge >= 0.3 is 0 Å². The van der Waals surface area contributed by atoms with Gasteiger partial charge in [-0.25, -0.2) is 0 Å². The van der Waals surface area contributed by atoms with Gasteiger partial charge in [0.1, 0.15) is 0 Å². The average molecular weight is 335 g/mol. The Morgan fingerprint density at radius 2 is 1.05 bits per heavy atom. The minimum Gasteiger partial charge on any atom is -0.406 e. The second-order valence-corrected chi connectivity index (χ2v) is 8.16. The number of rotatable bonds is 10. The largest absolute Gasteiger partial charge is 0.406 e. The molecule has 1 aromatic carbocycles. The van der Waals surface area contributed by atoms with Crippen molar-refractivity contribution in [1.82, 2.24) is 0 Å². The molecule has 0 unspecified atom stereocenters. The summed E-state index contributed by atoms with van der Waals surface area (Å²) in [7, 11) is 0.780. The lowest BCUT2D eigenvalue weighted by molar-refractivity contribution is 0.0869. The molecule has 0 saturated carbocycles. The number of benzene rings is 1. The molecule has 4 heteroatoms. The third-order valence-corrected chi connectivity index (χ3v) is 7.48. The summed E-state index contributed by atoms with van der Waals surface area (Å²) in [6.07, 6.45) is 4.17. The highest BCUT2D eigenvalue weighted by Gasteiger charge is 2.23. The Kier molecular flexibility index (Phi) is 8.04. The van der Waals surface area contributed by atoms with Crippen LogP contribution in [0.3, 0.4) is 0 Å². The van der Waals surface area contributed by atoms with Gasteiger partial charge in [-0.3, -0.25) is 0 Å². The lowest BCUT2D eigenvalue weighted by Crippen LogP contribution is -2.44. The molecule has 0 aliphatic rings. The van der Waals surface area contributed by atoms with E-state index in [1.807, 2.05) is 0 Å². The van der Waals surface area contributed by atoms with Gasteiger partial charge in [0, 0.05) is 0 Å². The van der Waals surface area contributed by atoms with Crippen LogP contribution in [0.25, 0.3) is 0 Å². The Bertz CT molecular complexity index is 399. The Labute approximate surface area is 141 Å². The van der Waals surface area contributed by atoms with Gasteiger partial charge in [-0.05, 0) is 49.9 Å². The van der Waals surface area contributed by atoms with E-state index in [1.165, 1.54) is 10.4 Å². The smallest absolute Gasteiger partial charge is 0.269 e. The van der Waals surface area contributed by atoms with Gasteiger partial charge in [-0.1, -0.05) is 52.0 Å². The van der Waals surface area contributed by atoms with Crippen LogP contribution in [0.4, 0.5) is 0 Å². The zero-order valence-corrected chi connectivity index (χ0v) is 17.0. The lowest BCUT2D eigenvalue weighted by Gasteiger charge is -2.29. The van der Waals surface area contributed by atoms with E-state index in [4.69, 9.17) is 8.85 Å². The molecule has 4 radical (unpaired) electrons. The summed E-state index contributed by atoms with van der Waals surface area (Å²) in [5.74, 6) is 0. The van der Waals surface area contributed by atoms with E-state index in [9.17, 15) is 0 Å². The van der Waals surface area contributed by atoms with Gasteiger partial charge in [0.05, 0.1) is 11.2 Å². The predicted molar refractivity (Wildman–Crippen MR) is 97.4 cm³/mol. The molecule has 0 atom stereocenters. The van der Waals surface area contributed by atoms with Crippen molar-refractivity contribution in [2.24, 2.45) is 0 Å². The molecule has 0 saturated heterocycles. The first-order valence-corrected chi connectivity index (χ1v) is 10.2. The van der Waals surface area contributed by atoms with Crippen LogP contribution in [0.15, 0.2) is 24.3 Å². The summed E-state index contributed by atoms with van der Waals surface area (Å²) >= 11 is 0. The summed E-state index contributed by atoms with van der Waals surface area (Å²) in [6, 6.07) is 8.53. The van der Waals surface area contributed by atoms with Gasteiger partial charge in [0.2, 0.25) is 0 Å². The molecule has 0 heterocycles. The highest BCUT2D eigenvalue weighted by atomic mass is 28.2. The molecule has 0 bridgehead atoms. The summed E-state index contributed by atoms with van der Waals surface area (Å²) < 4.78 is 12.4. The van der Waals surface area contributed by atoms with Crippen LogP contribution < -0.4 is 10.4 Å². The molecule has 0 aromatic heterocycles. The summed E-state index contributed by atoms with van der Waals surface area (Å²) in [5.41, 5.74) is -0.0340. The van der Waals surface area contributed by atoms with Gasteiger partial charge in [-0.15, -0.1) is 0 Å². The fourth-order valence-electron chi connectivity index (χ4n) is 1.81. The van der Waals surface area contributed by atoms with Crippen LogP contribution in [-0.4, -0.2) is 30.7 Å². The Morgan fingerprint density at radius 3 is 1.32 bits per heavy atom. The molecule has 2 nitrogen and oxygen atoms in total. The van der Waals surface area contributed by atoms with Gasteiger partial charge in [-0.2, -0.15) is 0 Å². The van der Waals surface area contributed by atoms with E-state index in [0.717, 1.165) is 25.7 Å². The Hall–Kier alpha value is -0.426. The van der Waals surface area contributed by atoms with Gasteiger partial charge in [0.15, 0.2) is 0 Å².